The summed E-state index contributed by atoms with van der Waals surface area (Å²) in [6, 6.07) is 0. The summed E-state index contributed by atoms with van der Waals surface area (Å²) >= 11 is 0. The molecule has 0 aromatic carbocycles. The van der Waals surface area contributed by atoms with E-state index >= 15 is 0 Å². The third-order valence-corrected chi connectivity index (χ3v) is 3.57. The molecule has 0 spiro atoms. The first-order chi connectivity index (χ1) is 9.28. The van der Waals surface area contributed by atoms with E-state index in [1.807, 2.05) is 0 Å². The molecule has 0 aromatic heterocycles. The quantitative estimate of drug-likeness (QED) is 0.207. The van der Waals surface area contributed by atoms with Gasteiger partial charge in [0, 0.05) is 12.0 Å². The zero-order valence-corrected chi connectivity index (χ0v) is 13.0. The van der Waals surface area contributed by atoms with Gasteiger partial charge >= 0.3 is 13.6 Å². The largest absolute Gasteiger partial charge is 0.374 e. The van der Waals surface area contributed by atoms with Crippen LogP contribution in [0.15, 0.2) is 12.2 Å². The highest BCUT2D eigenvalue weighted by Crippen LogP contribution is 2.42. The summed E-state index contributed by atoms with van der Waals surface area (Å²) in [5.74, 6) is -1.31. The molecule has 0 saturated heterocycles. The lowest BCUT2D eigenvalue weighted by atomic mass is 10.1. The maximum Gasteiger partial charge on any atom is 0.374 e. The number of Topliss-reactive ketones (excluding diaryl/α,β-unsaturated/α-hetero) is 1. The molecule has 0 radical (unpaired) electrons. The molecule has 1 N–H and O–H groups in total. The summed E-state index contributed by atoms with van der Waals surface area (Å²) in [7, 11) is -4.24. The summed E-state index contributed by atoms with van der Waals surface area (Å²) in [5.41, 5.74) is 0.0345. The summed E-state index contributed by atoms with van der Waals surface area (Å²) < 4.78 is 15.6. The summed E-state index contributed by atoms with van der Waals surface area (Å²) in [6.07, 6.45) is 4.46. The first-order valence-electron chi connectivity index (χ1n) is 6.68. The molecular weight excluding hydrogens is 283 g/mol. The second kappa shape index (κ2) is 9.86. The Hall–Kier alpha value is -0.970. The zero-order chi connectivity index (χ0) is 15.6. The number of unbranched alkanes of at least 4 members (excludes halogenated alkanes) is 4. The second-order valence-corrected chi connectivity index (χ2v) is 6.46. The number of carbonyl (C=O) groups excluding carboxylic acids is 2. The van der Waals surface area contributed by atoms with E-state index in [0.29, 0.717) is 6.42 Å². The molecule has 1 unspecified atom stereocenters. The van der Waals surface area contributed by atoms with Crippen LogP contribution in [0.25, 0.3) is 0 Å². The van der Waals surface area contributed by atoms with Crippen molar-refractivity contribution >= 4 is 19.3 Å². The van der Waals surface area contributed by atoms with Crippen LogP contribution >= 0.6 is 7.60 Å². The number of hydrogen-bond donors (Lipinski definition) is 1. The van der Waals surface area contributed by atoms with E-state index in [2.05, 4.69) is 23.1 Å². The predicted molar refractivity (Wildman–Crippen MR) is 75.1 cm³/mol. The zero-order valence-electron chi connectivity index (χ0n) is 12.1. The predicted octanol–water partition coefficient (Wildman–Crippen LogP) is 3.15. The summed E-state index contributed by atoms with van der Waals surface area (Å²) in [4.78, 5) is 36.0. The van der Waals surface area contributed by atoms with Crippen LogP contribution in [0.5, 0.6) is 0 Å². The summed E-state index contributed by atoms with van der Waals surface area (Å²) in [6.45, 7) is 6.75. The Balaban J connectivity index is 3.94. The van der Waals surface area contributed by atoms with Crippen molar-refractivity contribution in [3.8, 4) is 0 Å². The molecule has 6 nitrogen and oxygen atoms in total. The molecule has 7 heteroatoms. The van der Waals surface area contributed by atoms with Crippen molar-refractivity contribution in [1.29, 1.82) is 0 Å². The maximum absolute atomic E-state index is 11.5. The van der Waals surface area contributed by atoms with Gasteiger partial charge in [-0.1, -0.05) is 43.9 Å². The second-order valence-electron chi connectivity index (χ2n) is 4.72. The molecule has 20 heavy (non-hydrogen) atoms. The average Bonchev–Trinajstić information content (AvgIpc) is 2.35. The van der Waals surface area contributed by atoms with Gasteiger partial charge in [0.1, 0.15) is 11.9 Å². The van der Waals surface area contributed by atoms with Crippen molar-refractivity contribution in [3.63, 3.8) is 0 Å². The van der Waals surface area contributed by atoms with Crippen LogP contribution in [0.4, 0.5) is 0 Å². The smallest absolute Gasteiger partial charge is 0.322 e. The van der Waals surface area contributed by atoms with Crippen LogP contribution in [-0.4, -0.2) is 22.8 Å². The third kappa shape index (κ3) is 9.89. The Morgan fingerprint density at radius 1 is 1.20 bits per heavy atom. The molecule has 0 fully saturated rings. The van der Waals surface area contributed by atoms with Gasteiger partial charge in [-0.2, -0.15) is 0 Å². The van der Waals surface area contributed by atoms with Crippen LogP contribution in [0, 0.1) is 0 Å². The molecule has 0 heterocycles. The molecule has 0 bridgehead atoms. The fourth-order valence-corrected chi connectivity index (χ4v) is 2.26. The van der Waals surface area contributed by atoms with Gasteiger partial charge in [-0.15, -0.1) is 0 Å². The standard InChI is InChI=1S/C13H23O6P/c1-4-5-6-7-8-9-12(14)10-20(16,17)19-18-13(15)11(2)3/h2,4-10H2,1,3H3,(H,16,17). The molecule has 0 saturated carbocycles. The molecule has 0 aliphatic rings. The minimum Gasteiger partial charge on any atom is -0.322 e. The number of ketones is 1. The van der Waals surface area contributed by atoms with E-state index in [-0.39, 0.29) is 17.8 Å². The Labute approximate surface area is 119 Å². The molecule has 116 valence electrons. The lowest BCUT2D eigenvalue weighted by molar-refractivity contribution is -0.212. The van der Waals surface area contributed by atoms with Crippen LogP contribution in [0.3, 0.4) is 0 Å². The summed E-state index contributed by atoms with van der Waals surface area (Å²) in [5, 5.41) is 0. The van der Waals surface area contributed by atoms with Crippen LogP contribution in [0.1, 0.15) is 52.4 Å². The number of carbonyl (C=O) groups is 2. The van der Waals surface area contributed by atoms with E-state index in [9.17, 15) is 19.0 Å². The lowest BCUT2D eigenvalue weighted by Crippen LogP contribution is -2.10. The Morgan fingerprint density at radius 3 is 2.35 bits per heavy atom. The third-order valence-electron chi connectivity index (χ3n) is 2.51. The van der Waals surface area contributed by atoms with E-state index in [1.54, 1.807) is 0 Å². The highest BCUT2D eigenvalue weighted by atomic mass is 31.2. The van der Waals surface area contributed by atoms with Gasteiger partial charge in [-0.3, -0.25) is 14.2 Å². The van der Waals surface area contributed by atoms with Crippen LogP contribution in [0.2, 0.25) is 0 Å². The average molecular weight is 306 g/mol. The number of rotatable bonds is 11. The first kappa shape index (κ1) is 19.0. The molecule has 0 amide bonds. The van der Waals surface area contributed by atoms with Gasteiger partial charge in [0.05, 0.1) is 0 Å². The van der Waals surface area contributed by atoms with Crippen LogP contribution in [-0.2, 0) is 23.7 Å². The molecule has 0 aliphatic heterocycles. The van der Waals surface area contributed by atoms with Crippen LogP contribution < -0.4 is 0 Å². The Kier molecular flexibility index (Phi) is 9.38. The normalized spacial score (nSPS) is 13.6. The van der Waals surface area contributed by atoms with Crippen molar-refractivity contribution in [3.05, 3.63) is 12.2 Å². The fraction of sp³-hybridized carbons (Fsp3) is 0.692. The monoisotopic (exact) mass is 306 g/mol. The van der Waals surface area contributed by atoms with Gasteiger partial charge < -0.3 is 4.89 Å². The molecule has 0 aliphatic carbocycles. The van der Waals surface area contributed by atoms with Gasteiger partial charge in [0.15, 0.2) is 0 Å². The van der Waals surface area contributed by atoms with Crippen molar-refractivity contribution in [1.82, 2.24) is 0 Å². The van der Waals surface area contributed by atoms with Crippen molar-refractivity contribution in [2.45, 2.75) is 52.4 Å². The van der Waals surface area contributed by atoms with Gasteiger partial charge in [-0.25, -0.2) is 4.79 Å². The van der Waals surface area contributed by atoms with Gasteiger partial charge in [0.2, 0.25) is 0 Å². The minimum atomic E-state index is -4.24. The Morgan fingerprint density at radius 2 is 1.80 bits per heavy atom. The lowest BCUT2D eigenvalue weighted by Gasteiger charge is -2.09. The van der Waals surface area contributed by atoms with Crippen molar-refractivity contribution < 1.29 is 28.6 Å². The van der Waals surface area contributed by atoms with E-state index in [1.165, 1.54) is 6.92 Å². The van der Waals surface area contributed by atoms with Crippen molar-refractivity contribution in [2.75, 3.05) is 6.16 Å². The molecular formula is C13H23O6P. The molecule has 0 rings (SSSR count). The van der Waals surface area contributed by atoms with E-state index < -0.39 is 19.7 Å². The molecule has 1 atom stereocenters. The topological polar surface area (TPSA) is 89.9 Å². The highest BCUT2D eigenvalue weighted by Gasteiger charge is 2.27. The Bertz CT molecular complexity index is 390. The first-order valence-corrected chi connectivity index (χ1v) is 8.44. The SMILES string of the molecule is C=C(C)C(=O)OOP(=O)(O)CC(=O)CCCCCCC. The van der Waals surface area contributed by atoms with E-state index in [0.717, 1.165) is 25.7 Å². The van der Waals surface area contributed by atoms with Crippen molar-refractivity contribution in [2.24, 2.45) is 0 Å². The van der Waals surface area contributed by atoms with Gasteiger partial charge in [0.25, 0.3) is 0 Å². The van der Waals surface area contributed by atoms with Gasteiger partial charge in [-0.05, 0) is 13.3 Å². The maximum atomic E-state index is 11.5. The fourth-order valence-electron chi connectivity index (χ4n) is 1.42. The van der Waals surface area contributed by atoms with E-state index in [4.69, 9.17) is 0 Å². The molecule has 0 aromatic rings. The highest BCUT2D eigenvalue weighted by molar-refractivity contribution is 7.53. The minimum absolute atomic E-state index is 0.0345. The number of hydrogen-bond acceptors (Lipinski definition) is 5.